The zero-order valence-electron chi connectivity index (χ0n) is 10.9. The van der Waals surface area contributed by atoms with Crippen LogP contribution in [0.5, 0.6) is 0 Å². The Balaban J connectivity index is 1.88. The smallest absolute Gasteiger partial charge is 0.105 e. The van der Waals surface area contributed by atoms with Gasteiger partial charge < -0.3 is 10.6 Å². The van der Waals surface area contributed by atoms with E-state index in [1.165, 1.54) is 18.4 Å². The summed E-state index contributed by atoms with van der Waals surface area (Å²) in [5.74, 6) is 0. The van der Waals surface area contributed by atoms with Gasteiger partial charge in [0.1, 0.15) is 4.99 Å². The fourth-order valence-electron chi connectivity index (χ4n) is 2.28. The molecule has 2 nitrogen and oxygen atoms in total. The van der Waals surface area contributed by atoms with E-state index in [0.29, 0.717) is 16.1 Å². The maximum Gasteiger partial charge on any atom is 0.105 e. The molecule has 0 saturated heterocycles. The minimum atomic E-state index is 0.345. The van der Waals surface area contributed by atoms with Crippen LogP contribution in [-0.4, -0.2) is 11.0 Å². The number of anilines is 1. The lowest BCUT2D eigenvalue weighted by molar-refractivity contribution is 0.796. The molecule has 1 aliphatic carbocycles. The van der Waals surface area contributed by atoms with E-state index in [9.17, 15) is 0 Å². The summed E-state index contributed by atoms with van der Waals surface area (Å²) in [6.07, 6.45) is 2.50. The van der Waals surface area contributed by atoms with Gasteiger partial charge >= 0.3 is 0 Å². The van der Waals surface area contributed by atoms with Gasteiger partial charge in [-0.2, -0.15) is 11.3 Å². The lowest BCUT2D eigenvalue weighted by Crippen LogP contribution is -2.25. The van der Waals surface area contributed by atoms with Crippen molar-refractivity contribution < 1.29 is 0 Å². The normalized spacial score (nSPS) is 14.2. The molecule has 0 aliphatic heterocycles. The van der Waals surface area contributed by atoms with Crippen LogP contribution in [0, 0.1) is 0 Å². The van der Waals surface area contributed by atoms with Gasteiger partial charge in [0.2, 0.25) is 0 Å². The monoisotopic (exact) mass is 322 g/mol. The molecule has 2 aromatic rings. The van der Waals surface area contributed by atoms with Gasteiger partial charge in [-0.1, -0.05) is 23.8 Å². The first-order valence-corrected chi connectivity index (χ1v) is 8.25. The highest BCUT2D eigenvalue weighted by Crippen LogP contribution is 2.35. The molecule has 0 amide bonds. The van der Waals surface area contributed by atoms with Gasteiger partial charge in [-0.15, -0.1) is 0 Å². The summed E-state index contributed by atoms with van der Waals surface area (Å²) in [5.41, 5.74) is 8.89. The Morgan fingerprint density at radius 1 is 1.40 bits per heavy atom. The number of thiophene rings is 1. The van der Waals surface area contributed by atoms with E-state index in [1.54, 1.807) is 11.3 Å². The number of benzene rings is 1. The average Bonchev–Trinajstić information content (AvgIpc) is 3.12. The molecule has 1 heterocycles. The van der Waals surface area contributed by atoms with Crippen molar-refractivity contribution in [2.24, 2.45) is 5.73 Å². The Kier molecular flexibility index (Phi) is 3.96. The molecule has 1 fully saturated rings. The third-order valence-corrected chi connectivity index (χ3v) is 4.74. The second-order valence-corrected chi connectivity index (χ2v) is 6.65. The van der Waals surface area contributed by atoms with E-state index in [0.717, 1.165) is 17.8 Å². The molecule has 5 heteroatoms. The third kappa shape index (κ3) is 2.97. The largest absolute Gasteiger partial charge is 0.389 e. The van der Waals surface area contributed by atoms with E-state index in [2.05, 4.69) is 27.8 Å². The van der Waals surface area contributed by atoms with Crippen molar-refractivity contribution in [2.45, 2.75) is 25.4 Å². The molecule has 20 heavy (non-hydrogen) atoms. The van der Waals surface area contributed by atoms with Crippen LogP contribution in [0.15, 0.2) is 35.0 Å². The number of thiocarbonyl (C=S) groups is 1. The Labute approximate surface area is 133 Å². The molecule has 104 valence electrons. The Hall–Kier alpha value is -1.10. The van der Waals surface area contributed by atoms with Gasteiger partial charge in [-0.05, 0) is 53.4 Å². The summed E-state index contributed by atoms with van der Waals surface area (Å²) in [5, 5.41) is 4.94. The summed E-state index contributed by atoms with van der Waals surface area (Å²) in [7, 11) is 0. The van der Waals surface area contributed by atoms with Crippen LogP contribution < -0.4 is 10.6 Å². The molecule has 1 aromatic heterocycles. The fraction of sp³-hybridized carbons (Fsp3) is 0.267. The third-order valence-electron chi connectivity index (χ3n) is 3.47. The number of hydrogen-bond acceptors (Lipinski definition) is 3. The molecule has 0 radical (unpaired) electrons. The minimum Gasteiger partial charge on any atom is -0.389 e. The molecule has 1 aromatic carbocycles. The van der Waals surface area contributed by atoms with Crippen LogP contribution in [-0.2, 0) is 6.54 Å². The minimum absolute atomic E-state index is 0.345. The lowest BCUT2D eigenvalue weighted by Gasteiger charge is -2.25. The van der Waals surface area contributed by atoms with Gasteiger partial charge in [0.15, 0.2) is 0 Å². The number of halogens is 1. The summed E-state index contributed by atoms with van der Waals surface area (Å²) < 4.78 is 0. The van der Waals surface area contributed by atoms with Gasteiger partial charge in [0.05, 0.1) is 5.02 Å². The van der Waals surface area contributed by atoms with Crippen molar-refractivity contribution >= 4 is 45.8 Å². The molecule has 1 aliphatic rings. The van der Waals surface area contributed by atoms with Crippen molar-refractivity contribution in [1.82, 2.24) is 0 Å². The molecule has 0 atom stereocenters. The molecule has 0 bridgehead atoms. The van der Waals surface area contributed by atoms with E-state index in [4.69, 9.17) is 29.6 Å². The van der Waals surface area contributed by atoms with Crippen LogP contribution in [0.4, 0.5) is 5.69 Å². The summed E-state index contributed by atoms with van der Waals surface area (Å²) >= 11 is 13.0. The van der Waals surface area contributed by atoms with Crippen LogP contribution in [0.25, 0.3) is 0 Å². The molecule has 3 rings (SSSR count). The maximum absolute atomic E-state index is 6.28. The van der Waals surface area contributed by atoms with E-state index >= 15 is 0 Å². The standard InChI is InChI=1S/C15H15ClN2S2/c16-14-7-12(3-4-13(14)15(17)19)18(11-1-2-11)8-10-5-6-20-9-10/h3-7,9,11H,1-2,8H2,(H2,17,19). The predicted molar refractivity (Wildman–Crippen MR) is 90.9 cm³/mol. The molecular weight excluding hydrogens is 308 g/mol. The van der Waals surface area contributed by atoms with E-state index in [-0.39, 0.29) is 0 Å². The summed E-state index contributed by atoms with van der Waals surface area (Å²) in [6.45, 7) is 0.927. The first kappa shape index (κ1) is 13.9. The van der Waals surface area contributed by atoms with Crippen molar-refractivity contribution in [2.75, 3.05) is 4.90 Å². The zero-order chi connectivity index (χ0) is 14.1. The second-order valence-electron chi connectivity index (χ2n) is 5.02. The van der Waals surface area contributed by atoms with Crippen molar-refractivity contribution in [3.8, 4) is 0 Å². The van der Waals surface area contributed by atoms with Crippen LogP contribution in [0.2, 0.25) is 5.02 Å². The predicted octanol–water partition coefficient (Wildman–Crippen LogP) is 4.20. The van der Waals surface area contributed by atoms with E-state index in [1.807, 2.05) is 12.1 Å². The van der Waals surface area contributed by atoms with Crippen molar-refractivity contribution in [3.63, 3.8) is 0 Å². The average molecular weight is 323 g/mol. The summed E-state index contributed by atoms with van der Waals surface area (Å²) in [4.78, 5) is 2.76. The number of nitrogens with two attached hydrogens (primary N) is 1. The van der Waals surface area contributed by atoms with Gasteiger partial charge in [0, 0.05) is 23.8 Å². The van der Waals surface area contributed by atoms with Gasteiger partial charge in [0.25, 0.3) is 0 Å². The van der Waals surface area contributed by atoms with Crippen LogP contribution >= 0.6 is 35.2 Å². The highest BCUT2D eigenvalue weighted by atomic mass is 35.5. The first-order valence-electron chi connectivity index (χ1n) is 6.52. The molecule has 2 N–H and O–H groups in total. The molecule has 0 unspecified atom stereocenters. The summed E-state index contributed by atoms with van der Waals surface area (Å²) in [6, 6.07) is 8.75. The van der Waals surface area contributed by atoms with Crippen molar-refractivity contribution in [3.05, 3.63) is 51.2 Å². The number of nitrogens with zero attached hydrogens (tertiary/aromatic N) is 1. The molecule has 1 saturated carbocycles. The second kappa shape index (κ2) is 5.72. The SMILES string of the molecule is NC(=S)c1ccc(N(Cc2ccsc2)C2CC2)cc1Cl. The fourth-order valence-corrected chi connectivity index (χ4v) is 3.45. The Morgan fingerprint density at radius 2 is 2.20 bits per heavy atom. The van der Waals surface area contributed by atoms with Gasteiger partial charge in [-0.3, -0.25) is 0 Å². The lowest BCUT2D eigenvalue weighted by atomic mass is 10.1. The molecule has 0 spiro atoms. The van der Waals surface area contributed by atoms with Crippen LogP contribution in [0.3, 0.4) is 0 Å². The highest BCUT2D eigenvalue weighted by molar-refractivity contribution is 7.80. The quantitative estimate of drug-likeness (QED) is 0.836. The van der Waals surface area contributed by atoms with Gasteiger partial charge in [-0.25, -0.2) is 0 Å². The maximum atomic E-state index is 6.28. The topological polar surface area (TPSA) is 29.3 Å². The Bertz CT molecular complexity index is 621. The van der Waals surface area contributed by atoms with Crippen LogP contribution in [0.1, 0.15) is 24.0 Å². The number of rotatable bonds is 5. The zero-order valence-corrected chi connectivity index (χ0v) is 13.3. The van der Waals surface area contributed by atoms with Crippen molar-refractivity contribution in [1.29, 1.82) is 0 Å². The van der Waals surface area contributed by atoms with E-state index < -0.39 is 0 Å². The number of hydrogen-bond donors (Lipinski definition) is 1. The first-order chi connectivity index (χ1) is 9.65. The molecular formula is C15H15ClN2S2. The highest BCUT2D eigenvalue weighted by Gasteiger charge is 2.29. The Morgan fingerprint density at radius 3 is 2.75 bits per heavy atom.